The first-order valence-electron chi connectivity index (χ1n) is 8.77. The summed E-state index contributed by atoms with van der Waals surface area (Å²) in [5.74, 6) is 1.62. The SMILES string of the molecule is COc1cc(CC(=O)NC2(c3ccccc3)CCC2)cc(OC)c1OC. The highest BCUT2D eigenvalue weighted by Gasteiger charge is 2.39. The molecule has 0 aromatic heterocycles. The van der Waals surface area contributed by atoms with Gasteiger partial charge in [0.2, 0.25) is 11.7 Å². The molecule has 2 aromatic carbocycles. The molecule has 1 amide bonds. The number of rotatable bonds is 7. The van der Waals surface area contributed by atoms with Crippen molar-refractivity contribution in [3.8, 4) is 17.2 Å². The zero-order valence-electron chi connectivity index (χ0n) is 15.5. The number of hydrogen-bond acceptors (Lipinski definition) is 4. The molecule has 1 fully saturated rings. The van der Waals surface area contributed by atoms with Crippen LogP contribution in [0, 0.1) is 0 Å². The van der Waals surface area contributed by atoms with Crippen molar-refractivity contribution in [2.45, 2.75) is 31.2 Å². The summed E-state index contributed by atoms with van der Waals surface area (Å²) < 4.78 is 16.1. The van der Waals surface area contributed by atoms with Crippen LogP contribution < -0.4 is 19.5 Å². The van der Waals surface area contributed by atoms with Gasteiger partial charge < -0.3 is 19.5 Å². The van der Waals surface area contributed by atoms with Gasteiger partial charge in [-0.3, -0.25) is 4.79 Å². The number of hydrogen-bond donors (Lipinski definition) is 1. The number of amides is 1. The maximum Gasteiger partial charge on any atom is 0.225 e. The Balaban J connectivity index is 1.78. The van der Waals surface area contributed by atoms with E-state index in [1.165, 1.54) is 5.56 Å². The van der Waals surface area contributed by atoms with Crippen molar-refractivity contribution in [1.82, 2.24) is 5.32 Å². The van der Waals surface area contributed by atoms with Gasteiger partial charge in [0.25, 0.3) is 0 Å². The minimum absolute atomic E-state index is 0.0113. The summed E-state index contributed by atoms with van der Waals surface area (Å²) in [6.45, 7) is 0. The van der Waals surface area contributed by atoms with Gasteiger partial charge in [-0.1, -0.05) is 30.3 Å². The molecule has 1 aliphatic carbocycles. The Morgan fingerprint density at radius 3 is 2.08 bits per heavy atom. The van der Waals surface area contributed by atoms with Crippen molar-refractivity contribution < 1.29 is 19.0 Å². The molecule has 0 heterocycles. The summed E-state index contributed by atoms with van der Waals surface area (Å²) in [5.41, 5.74) is 1.75. The monoisotopic (exact) mass is 355 g/mol. The van der Waals surface area contributed by atoms with E-state index in [-0.39, 0.29) is 17.9 Å². The van der Waals surface area contributed by atoms with E-state index in [9.17, 15) is 4.79 Å². The molecule has 0 atom stereocenters. The molecular formula is C21H25NO4. The Morgan fingerprint density at radius 1 is 1.00 bits per heavy atom. The number of ether oxygens (including phenoxy) is 3. The van der Waals surface area contributed by atoms with Crippen LogP contribution in [-0.2, 0) is 16.8 Å². The van der Waals surface area contributed by atoms with E-state index in [2.05, 4.69) is 17.4 Å². The summed E-state index contributed by atoms with van der Waals surface area (Å²) in [6.07, 6.45) is 3.32. The molecule has 0 radical (unpaired) electrons. The van der Waals surface area contributed by atoms with E-state index in [1.54, 1.807) is 21.3 Å². The smallest absolute Gasteiger partial charge is 0.225 e. The molecule has 0 bridgehead atoms. The Labute approximate surface area is 154 Å². The molecule has 3 rings (SSSR count). The Bertz CT molecular complexity index is 744. The van der Waals surface area contributed by atoms with E-state index in [0.29, 0.717) is 17.2 Å². The van der Waals surface area contributed by atoms with Crippen LogP contribution in [-0.4, -0.2) is 27.2 Å². The minimum Gasteiger partial charge on any atom is -0.493 e. The number of carbonyl (C=O) groups excluding carboxylic acids is 1. The Hall–Kier alpha value is -2.69. The topological polar surface area (TPSA) is 56.8 Å². The van der Waals surface area contributed by atoms with Crippen molar-refractivity contribution >= 4 is 5.91 Å². The summed E-state index contributed by atoms with van der Waals surface area (Å²) in [6, 6.07) is 13.8. The summed E-state index contributed by atoms with van der Waals surface area (Å²) >= 11 is 0. The fraction of sp³-hybridized carbons (Fsp3) is 0.381. The lowest BCUT2D eigenvalue weighted by Crippen LogP contribution is -2.51. The molecule has 1 saturated carbocycles. The van der Waals surface area contributed by atoms with Gasteiger partial charge >= 0.3 is 0 Å². The van der Waals surface area contributed by atoms with Crippen LogP contribution in [0.2, 0.25) is 0 Å². The predicted molar refractivity (Wildman–Crippen MR) is 99.9 cm³/mol. The molecule has 2 aromatic rings. The predicted octanol–water partition coefficient (Wildman–Crippen LogP) is 3.45. The quantitative estimate of drug-likeness (QED) is 0.826. The van der Waals surface area contributed by atoms with E-state index < -0.39 is 0 Å². The number of benzene rings is 2. The molecular weight excluding hydrogens is 330 g/mol. The fourth-order valence-electron chi connectivity index (χ4n) is 3.51. The minimum atomic E-state index is -0.237. The number of carbonyl (C=O) groups is 1. The van der Waals surface area contributed by atoms with Gasteiger partial charge in [0.05, 0.1) is 33.3 Å². The second-order valence-corrected chi connectivity index (χ2v) is 6.56. The maximum absolute atomic E-state index is 12.7. The van der Waals surface area contributed by atoms with Gasteiger partial charge in [-0.15, -0.1) is 0 Å². The Kier molecular flexibility index (Phi) is 5.35. The highest BCUT2D eigenvalue weighted by Crippen LogP contribution is 2.41. The molecule has 138 valence electrons. The first-order chi connectivity index (χ1) is 12.6. The van der Waals surface area contributed by atoms with Gasteiger partial charge in [0.1, 0.15) is 0 Å². The molecule has 1 N–H and O–H groups in total. The second-order valence-electron chi connectivity index (χ2n) is 6.56. The molecule has 26 heavy (non-hydrogen) atoms. The third-order valence-corrected chi connectivity index (χ3v) is 5.00. The lowest BCUT2D eigenvalue weighted by Gasteiger charge is -2.43. The Morgan fingerprint density at radius 2 is 1.62 bits per heavy atom. The first-order valence-corrected chi connectivity index (χ1v) is 8.77. The zero-order valence-corrected chi connectivity index (χ0v) is 15.5. The van der Waals surface area contributed by atoms with E-state index in [1.807, 2.05) is 30.3 Å². The van der Waals surface area contributed by atoms with Crippen molar-refractivity contribution in [3.05, 3.63) is 53.6 Å². The highest BCUT2D eigenvalue weighted by atomic mass is 16.5. The lowest BCUT2D eigenvalue weighted by atomic mass is 9.71. The third kappa shape index (κ3) is 3.47. The standard InChI is InChI=1S/C21H25NO4/c1-24-17-12-15(13-18(25-2)20(17)26-3)14-19(23)22-21(10-7-11-21)16-8-5-4-6-9-16/h4-6,8-9,12-13H,7,10-11,14H2,1-3H3,(H,22,23). The molecule has 0 saturated heterocycles. The van der Waals surface area contributed by atoms with Gasteiger partial charge in [0.15, 0.2) is 11.5 Å². The molecule has 0 aliphatic heterocycles. The van der Waals surface area contributed by atoms with Crippen LogP contribution in [0.1, 0.15) is 30.4 Å². The van der Waals surface area contributed by atoms with Crippen LogP contribution >= 0.6 is 0 Å². The van der Waals surface area contributed by atoms with Crippen molar-refractivity contribution in [2.24, 2.45) is 0 Å². The van der Waals surface area contributed by atoms with Crippen LogP contribution in [0.15, 0.2) is 42.5 Å². The molecule has 0 unspecified atom stereocenters. The van der Waals surface area contributed by atoms with Crippen molar-refractivity contribution in [3.63, 3.8) is 0 Å². The fourth-order valence-corrected chi connectivity index (χ4v) is 3.51. The molecule has 5 heteroatoms. The normalized spacial score (nSPS) is 14.9. The summed E-state index contributed by atoms with van der Waals surface area (Å²) in [5, 5.41) is 3.25. The maximum atomic E-state index is 12.7. The second kappa shape index (κ2) is 7.68. The lowest BCUT2D eigenvalue weighted by molar-refractivity contribution is -0.123. The van der Waals surface area contributed by atoms with Crippen molar-refractivity contribution in [2.75, 3.05) is 21.3 Å². The number of methoxy groups -OCH3 is 3. The highest BCUT2D eigenvalue weighted by molar-refractivity contribution is 5.80. The van der Waals surface area contributed by atoms with Crippen LogP contribution in [0.5, 0.6) is 17.2 Å². The third-order valence-electron chi connectivity index (χ3n) is 5.00. The van der Waals surface area contributed by atoms with Gasteiger partial charge in [-0.2, -0.15) is 0 Å². The number of nitrogens with one attached hydrogen (secondary N) is 1. The van der Waals surface area contributed by atoms with Gasteiger partial charge in [-0.05, 0) is 42.5 Å². The molecule has 5 nitrogen and oxygen atoms in total. The van der Waals surface area contributed by atoms with Crippen molar-refractivity contribution in [1.29, 1.82) is 0 Å². The van der Waals surface area contributed by atoms with E-state index >= 15 is 0 Å². The first kappa shape index (κ1) is 18.1. The van der Waals surface area contributed by atoms with Crippen LogP contribution in [0.25, 0.3) is 0 Å². The molecule has 1 aliphatic rings. The van der Waals surface area contributed by atoms with E-state index in [0.717, 1.165) is 24.8 Å². The average Bonchev–Trinajstić information content (AvgIpc) is 2.64. The van der Waals surface area contributed by atoms with Crippen LogP contribution in [0.4, 0.5) is 0 Å². The largest absolute Gasteiger partial charge is 0.493 e. The van der Waals surface area contributed by atoms with Gasteiger partial charge in [0, 0.05) is 0 Å². The van der Waals surface area contributed by atoms with Crippen LogP contribution in [0.3, 0.4) is 0 Å². The van der Waals surface area contributed by atoms with E-state index in [4.69, 9.17) is 14.2 Å². The van der Waals surface area contributed by atoms with Gasteiger partial charge in [-0.25, -0.2) is 0 Å². The zero-order chi connectivity index (χ0) is 18.6. The summed E-state index contributed by atoms with van der Waals surface area (Å²) in [4.78, 5) is 12.7. The summed E-state index contributed by atoms with van der Waals surface area (Å²) in [7, 11) is 4.70. The average molecular weight is 355 g/mol. The molecule has 0 spiro atoms.